The van der Waals surface area contributed by atoms with E-state index in [0.29, 0.717) is 12.1 Å². The summed E-state index contributed by atoms with van der Waals surface area (Å²) in [6.07, 6.45) is 0. The number of hydrogen-bond acceptors (Lipinski definition) is 2. The highest BCUT2D eigenvalue weighted by Crippen LogP contribution is 2.28. The highest BCUT2D eigenvalue weighted by Gasteiger charge is 2.12. The zero-order valence-electron chi connectivity index (χ0n) is 9.98. The molecule has 2 aromatic rings. The molecule has 0 aliphatic rings. The zero-order chi connectivity index (χ0) is 12.3. The molecule has 17 heavy (non-hydrogen) atoms. The second kappa shape index (κ2) is 5.67. The van der Waals surface area contributed by atoms with Crippen LogP contribution in [-0.2, 0) is 0 Å². The molecule has 90 valence electrons. The van der Waals surface area contributed by atoms with Crippen molar-refractivity contribution in [1.29, 1.82) is 0 Å². The summed E-state index contributed by atoms with van der Waals surface area (Å²) in [5.74, 6) is 0. The van der Waals surface area contributed by atoms with E-state index in [-0.39, 0.29) is 0 Å². The van der Waals surface area contributed by atoms with E-state index < -0.39 is 0 Å². The molecule has 0 aliphatic carbocycles. The van der Waals surface area contributed by atoms with Crippen LogP contribution in [0.4, 0.5) is 0 Å². The molecule has 0 radical (unpaired) electrons. The lowest BCUT2D eigenvalue weighted by Gasteiger charge is -2.19. The minimum absolute atomic E-state index is 0.322. The van der Waals surface area contributed by atoms with Crippen LogP contribution in [0.1, 0.15) is 36.4 Å². The number of benzene rings is 1. The van der Waals surface area contributed by atoms with Crippen LogP contribution in [0.3, 0.4) is 0 Å². The zero-order valence-corrected chi connectivity index (χ0v) is 11.6. The topological polar surface area (TPSA) is 12.0 Å². The van der Waals surface area contributed by atoms with Crippen molar-refractivity contribution in [3.63, 3.8) is 0 Å². The second-order valence-corrected chi connectivity index (χ2v) is 5.91. The average Bonchev–Trinajstić information content (AvgIpc) is 2.77. The van der Waals surface area contributed by atoms with Gasteiger partial charge in [0.15, 0.2) is 0 Å². The van der Waals surface area contributed by atoms with Gasteiger partial charge in [-0.3, -0.25) is 0 Å². The maximum atomic E-state index is 5.95. The maximum absolute atomic E-state index is 5.95. The van der Waals surface area contributed by atoms with Crippen LogP contribution < -0.4 is 5.32 Å². The Morgan fingerprint density at radius 3 is 2.29 bits per heavy atom. The third kappa shape index (κ3) is 3.32. The van der Waals surface area contributed by atoms with Crippen molar-refractivity contribution < 1.29 is 0 Å². The molecule has 2 rings (SSSR count). The van der Waals surface area contributed by atoms with Crippen molar-refractivity contribution in [2.75, 3.05) is 0 Å². The minimum atomic E-state index is 0.322. The van der Waals surface area contributed by atoms with E-state index >= 15 is 0 Å². The molecule has 0 amide bonds. The molecule has 0 saturated carbocycles. The Bertz CT molecular complexity index is 466. The van der Waals surface area contributed by atoms with Gasteiger partial charge in [0.25, 0.3) is 0 Å². The van der Waals surface area contributed by atoms with Gasteiger partial charge in [0.05, 0.1) is 4.34 Å². The first kappa shape index (κ1) is 12.6. The van der Waals surface area contributed by atoms with Gasteiger partial charge in [-0.05, 0) is 31.5 Å². The Balaban J connectivity index is 2.02. The van der Waals surface area contributed by atoms with Gasteiger partial charge in [0.2, 0.25) is 0 Å². The maximum Gasteiger partial charge on any atom is 0.0931 e. The summed E-state index contributed by atoms with van der Waals surface area (Å²) in [7, 11) is 0. The first-order valence-corrected chi connectivity index (χ1v) is 6.92. The Morgan fingerprint density at radius 2 is 1.71 bits per heavy atom. The molecule has 1 aromatic heterocycles. The predicted molar refractivity (Wildman–Crippen MR) is 75.7 cm³/mol. The van der Waals surface area contributed by atoms with Crippen LogP contribution in [0.2, 0.25) is 4.34 Å². The monoisotopic (exact) mass is 265 g/mol. The van der Waals surface area contributed by atoms with Gasteiger partial charge >= 0.3 is 0 Å². The average molecular weight is 266 g/mol. The van der Waals surface area contributed by atoms with Crippen molar-refractivity contribution in [3.05, 3.63) is 57.2 Å². The minimum Gasteiger partial charge on any atom is -0.303 e. The van der Waals surface area contributed by atoms with Crippen LogP contribution in [0.15, 0.2) is 42.5 Å². The summed E-state index contributed by atoms with van der Waals surface area (Å²) in [4.78, 5) is 1.28. The predicted octanol–water partition coefficient (Wildman–Crippen LogP) is 4.81. The molecular weight excluding hydrogens is 250 g/mol. The van der Waals surface area contributed by atoms with Crippen LogP contribution >= 0.6 is 22.9 Å². The van der Waals surface area contributed by atoms with E-state index in [1.54, 1.807) is 11.3 Å². The quantitative estimate of drug-likeness (QED) is 0.836. The van der Waals surface area contributed by atoms with Crippen LogP contribution in [-0.4, -0.2) is 0 Å². The number of nitrogens with one attached hydrogen (secondary N) is 1. The van der Waals surface area contributed by atoms with E-state index in [0.717, 1.165) is 4.34 Å². The fraction of sp³-hybridized carbons (Fsp3) is 0.286. The summed E-state index contributed by atoms with van der Waals surface area (Å²) < 4.78 is 0.848. The summed E-state index contributed by atoms with van der Waals surface area (Å²) in [6.45, 7) is 4.35. The van der Waals surface area contributed by atoms with E-state index in [9.17, 15) is 0 Å². The van der Waals surface area contributed by atoms with Gasteiger partial charge in [-0.2, -0.15) is 0 Å². The molecule has 0 saturated heterocycles. The first-order chi connectivity index (χ1) is 8.16. The van der Waals surface area contributed by atoms with Crippen molar-refractivity contribution >= 4 is 22.9 Å². The first-order valence-electron chi connectivity index (χ1n) is 5.73. The molecule has 1 aromatic carbocycles. The molecule has 3 heteroatoms. The summed E-state index contributed by atoms with van der Waals surface area (Å²) >= 11 is 7.58. The van der Waals surface area contributed by atoms with Gasteiger partial charge in [-0.1, -0.05) is 41.9 Å². The Kier molecular flexibility index (Phi) is 4.21. The normalized spacial score (nSPS) is 14.5. The number of halogens is 1. The fourth-order valence-electron chi connectivity index (χ4n) is 1.86. The van der Waals surface area contributed by atoms with Gasteiger partial charge < -0.3 is 5.32 Å². The number of thiophene rings is 1. The van der Waals surface area contributed by atoms with Gasteiger partial charge in [-0.25, -0.2) is 0 Å². The SMILES string of the molecule is CC(N[C@H](C)c1ccccc1)c1ccc(Cl)s1. The molecule has 1 N–H and O–H groups in total. The number of rotatable bonds is 4. The van der Waals surface area contributed by atoms with Crippen LogP contribution in [0.25, 0.3) is 0 Å². The lowest BCUT2D eigenvalue weighted by molar-refractivity contribution is 0.500. The summed E-state index contributed by atoms with van der Waals surface area (Å²) in [6, 6.07) is 15.2. The third-order valence-electron chi connectivity index (χ3n) is 2.82. The van der Waals surface area contributed by atoms with Gasteiger partial charge in [0, 0.05) is 17.0 Å². The third-order valence-corrected chi connectivity index (χ3v) is 4.23. The van der Waals surface area contributed by atoms with E-state index in [1.807, 2.05) is 12.1 Å². The standard InChI is InChI=1S/C14H16ClNS/c1-10(12-6-4-3-5-7-12)16-11(2)13-8-9-14(15)17-13/h3-11,16H,1-2H3/t10-,11?/m1/s1. The smallest absolute Gasteiger partial charge is 0.0931 e. The highest BCUT2D eigenvalue weighted by molar-refractivity contribution is 7.16. The molecule has 1 heterocycles. The Hall–Kier alpha value is -0.830. The van der Waals surface area contributed by atoms with E-state index in [1.165, 1.54) is 10.4 Å². The molecule has 0 spiro atoms. The van der Waals surface area contributed by atoms with Crippen LogP contribution in [0, 0.1) is 0 Å². The summed E-state index contributed by atoms with van der Waals surface area (Å²) in [5.41, 5.74) is 1.31. The molecule has 0 fully saturated rings. The molecule has 1 nitrogen and oxygen atoms in total. The van der Waals surface area contributed by atoms with E-state index in [4.69, 9.17) is 11.6 Å². The largest absolute Gasteiger partial charge is 0.303 e. The molecule has 0 aliphatic heterocycles. The molecular formula is C14H16ClNS. The van der Waals surface area contributed by atoms with Gasteiger partial charge in [0.1, 0.15) is 0 Å². The molecule has 0 bridgehead atoms. The van der Waals surface area contributed by atoms with Crippen molar-refractivity contribution in [1.82, 2.24) is 5.32 Å². The van der Waals surface area contributed by atoms with E-state index in [2.05, 4.69) is 49.5 Å². The molecule has 2 atom stereocenters. The van der Waals surface area contributed by atoms with Crippen molar-refractivity contribution in [2.45, 2.75) is 25.9 Å². The Morgan fingerprint density at radius 1 is 1.00 bits per heavy atom. The van der Waals surface area contributed by atoms with Gasteiger partial charge in [-0.15, -0.1) is 11.3 Å². The van der Waals surface area contributed by atoms with Crippen LogP contribution in [0.5, 0.6) is 0 Å². The number of hydrogen-bond donors (Lipinski definition) is 1. The molecule has 1 unspecified atom stereocenters. The lowest BCUT2D eigenvalue weighted by Crippen LogP contribution is -2.21. The lowest BCUT2D eigenvalue weighted by atomic mass is 10.1. The second-order valence-electron chi connectivity index (χ2n) is 4.16. The highest BCUT2D eigenvalue weighted by atomic mass is 35.5. The van der Waals surface area contributed by atoms with Crippen molar-refractivity contribution in [3.8, 4) is 0 Å². The fourth-order valence-corrected chi connectivity index (χ4v) is 2.93. The Labute approximate surface area is 111 Å². The van der Waals surface area contributed by atoms with Crippen molar-refractivity contribution in [2.24, 2.45) is 0 Å². The summed E-state index contributed by atoms with van der Waals surface area (Å²) in [5, 5.41) is 3.58.